The Morgan fingerprint density at radius 1 is 1.03 bits per heavy atom. The zero-order valence-corrected chi connectivity index (χ0v) is 21.4. The number of thiazole rings is 1. The quantitative estimate of drug-likeness (QED) is 0.330. The van der Waals surface area contributed by atoms with Crippen LogP contribution in [0.3, 0.4) is 0 Å². The van der Waals surface area contributed by atoms with Crippen LogP contribution in [0.4, 0.5) is 5.13 Å². The summed E-state index contributed by atoms with van der Waals surface area (Å²) in [7, 11) is 0. The number of amides is 1. The molecule has 4 rings (SSSR count). The molecule has 0 bridgehead atoms. The van der Waals surface area contributed by atoms with Gasteiger partial charge in [-0.3, -0.25) is 14.9 Å². The Morgan fingerprint density at radius 2 is 1.72 bits per heavy atom. The maximum Gasteiger partial charge on any atom is 0.350 e. The predicted molar refractivity (Wildman–Crippen MR) is 139 cm³/mol. The molecule has 1 amide bonds. The van der Waals surface area contributed by atoms with E-state index in [1.165, 1.54) is 6.92 Å². The van der Waals surface area contributed by atoms with Crippen LogP contribution < -0.4 is 15.5 Å². The SMILES string of the molecule is Cc1ccc(-c2oc3ccccc3c(=O)c2OC(C)C(=O)Nc2nc(C)c(C(=O)OC(C)C)s2)cc1. The molecule has 0 aliphatic rings. The van der Waals surface area contributed by atoms with Crippen LogP contribution in [0.5, 0.6) is 5.75 Å². The molecule has 0 spiro atoms. The van der Waals surface area contributed by atoms with E-state index in [-0.39, 0.29) is 28.2 Å². The first kappa shape index (κ1) is 25.1. The molecular weight excluding hydrogens is 480 g/mol. The Hall–Kier alpha value is -3.98. The Kier molecular flexibility index (Phi) is 7.21. The van der Waals surface area contributed by atoms with Crippen molar-refractivity contribution in [1.82, 2.24) is 4.98 Å². The lowest BCUT2D eigenvalue weighted by atomic mass is 10.1. The second-order valence-electron chi connectivity index (χ2n) is 8.59. The fraction of sp³-hybridized carbons (Fsp3) is 0.259. The molecule has 1 N–H and O–H groups in total. The van der Waals surface area contributed by atoms with Gasteiger partial charge in [-0.25, -0.2) is 9.78 Å². The van der Waals surface area contributed by atoms with Gasteiger partial charge in [-0.2, -0.15) is 0 Å². The van der Waals surface area contributed by atoms with Crippen molar-refractivity contribution in [2.24, 2.45) is 0 Å². The van der Waals surface area contributed by atoms with Crippen LogP contribution in [0.25, 0.3) is 22.3 Å². The van der Waals surface area contributed by atoms with E-state index in [1.54, 1.807) is 45.0 Å². The number of benzene rings is 2. The molecule has 2 aromatic carbocycles. The van der Waals surface area contributed by atoms with Crippen molar-refractivity contribution in [1.29, 1.82) is 0 Å². The van der Waals surface area contributed by atoms with Gasteiger partial charge >= 0.3 is 5.97 Å². The van der Waals surface area contributed by atoms with E-state index in [1.807, 2.05) is 31.2 Å². The maximum absolute atomic E-state index is 13.3. The molecule has 0 aliphatic heterocycles. The molecule has 2 heterocycles. The van der Waals surface area contributed by atoms with Crippen molar-refractivity contribution in [2.75, 3.05) is 5.32 Å². The van der Waals surface area contributed by atoms with Crippen molar-refractivity contribution < 1.29 is 23.5 Å². The molecule has 9 heteroatoms. The summed E-state index contributed by atoms with van der Waals surface area (Å²) in [6.07, 6.45) is -1.34. The largest absolute Gasteiger partial charge is 0.473 e. The van der Waals surface area contributed by atoms with Crippen LogP contribution in [0, 0.1) is 13.8 Å². The average Bonchev–Trinajstić information content (AvgIpc) is 3.20. The van der Waals surface area contributed by atoms with E-state index in [2.05, 4.69) is 10.3 Å². The number of aromatic nitrogens is 1. The second-order valence-corrected chi connectivity index (χ2v) is 9.59. The number of hydrogen-bond donors (Lipinski definition) is 1. The molecule has 4 aromatic rings. The van der Waals surface area contributed by atoms with Gasteiger partial charge in [0.25, 0.3) is 5.91 Å². The summed E-state index contributed by atoms with van der Waals surface area (Å²) in [4.78, 5) is 43.1. The van der Waals surface area contributed by atoms with E-state index >= 15 is 0 Å². The van der Waals surface area contributed by atoms with Crippen molar-refractivity contribution in [3.8, 4) is 17.1 Å². The first-order chi connectivity index (χ1) is 17.1. The molecular formula is C27H26N2O6S. The van der Waals surface area contributed by atoms with Gasteiger partial charge in [-0.15, -0.1) is 0 Å². The molecule has 8 nitrogen and oxygen atoms in total. The highest BCUT2D eigenvalue weighted by atomic mass is 32.1. The lowest BCUT2D eigenvalue weighted by molar-refractivity contribution is -0.122. The van der Waals surface area contributed by atoms with Gasteiger partial charge in [0.1, 0.15) is 10.5 Å². The van der Waals surface area contributed by atoms with Crippen LogP contribution in [-0.2, 0) is 9.53 Å². The topological polar surface area (TPSA) is 108 Å². The number of anilines is 1. The lowest BCUT2D eigenvalue weighted by Crippen LogP contribution is -2.31. The molecule has 2 aromatic heterocycles. The summed E-state index contributed by atoms with van der Waals surface area (Å²) in [5.41, 5.74) is 2.19. The number of esters is 1. The molecule has 1 unspecified atom stereocenters. The van der Waals surface area contributed by atoms with Gasteiger partial charge in [-0.05, 0) is 46.8 Å². The van der Waals surface area contributed by atoms with Gasteiger partial charge < -0.3 is 13.9 Å². The van der Waals surface area contributed by atoms with Gasteiger partial charge in [0.15, 0.2) is 17.0 Å². The molecule has 186 valence electrons. The van der Waals surface area contributed by atoms with E-state index in [0.29, 0.717) is 27.1 Å². The van der Waals surface area contributed by atoms with Gasteiger partial charge in [0, 0.05) is 5.56 Å². The molecule has 0 aliphatic carbocycles. The summed E-state index contributed by atoms with van der Waals surface area (Å²) in [5.74, 6) is -0.852. The molecule has 0 saturated heterocycles. The van der Waals surface area contributed by atoms with Crippen LogP contribution in [0.1, 0.15) is 41.7 Å². The Morgan fingerprint density at radius 3 is 2.42 bits per heavy atom. The van der Waals surface area contributed by atoms with Crippen LogP contribution in [0.15, 0.2) is 57.7 Å². The van der Waals surface area contributed by atoms with Crippen molar-refractivity contribution in [3.05, 3.63) is 74.9 Å². The summed E-state index contributed by atoms with van der Waals surface area (Å²) < 4.78 is 17.2. The number of fused-ring (bicyclic) bond motifs is 1. The average molecular weight is 507 g/mol. The van der Waals surface area contributed by atoms with Crippen LogP contribution in [0.2, 0.25) is 0 Å². The predicted octanol–water partition coefficient (Wildman–Crippen LogP) is 5.50. The minimum atomic E-state index is -1.06. The zero-order valence-electron chi connectivity index (χ0n) is 20.6. The number of rotatable bonds is 7. The van der Waals surface area contributed by atoms with E-state index in [9.17, 15) is 14.4 Å². The number of hydrogen-bond acceptors (Lipinski definition) is 8. The molecule has 36 heavy (non-hydrogen) atoms. The van der Waals surface area contributed by atoms with Crippen molar-refractivity contribution >= 4 is 39.3 Å². The summed E-state index contributed by atoms with van der Waals surface area (Å²) in [5, 5.41) is 3.23. The fourth-order valence-corrected chi connectivity index (χ4v) is 4.32. The molecule has 0 saturated carbocycles. The van der Waals surface area contributed by atoms with E-state index < -0.39 is 18.0 Å². The Balaban J connectivity index is 1.62. The van der Waals surface area contributed by atoms with Crippen molar-refractivity contribution in [3.63, 3.8) is 0 Å². The minimum Gasteiger partial charge on any atom is -0.473 e. The second kappa shape index (κ2) is 10.3. The first-order valence-corrected chi connectivity index (χ1v) is 12.2. The van der Waals surface area contributed by atoms with E-state index in [0.717, 1.165) is 16.9 Å². The van der Waals surface area contributed by atoms with Gasteiger partial charge in [-0.1, -0.05) is 53.3 Å². The van der Waals surface area contributed by atoms with Gasteiger partial charge in [0.2, 0.25) is 11.2 Å². The third kappa shape index (κ3) is 5.31. The number of nitrogens with one attached hydrogen (secondary N) is 1. The van der Waals surface area contributed by atoms with Crippen LogP contribution >= 0.6 is 11.3 Å². The smallest absolute Gasteiger partial charge is 0.350 e. The molecule has 1 atom stereocenters. The minimum absolute atomic E-state index is 0.0586. The number of aryl methyl sites for hydroxylation is 2. The maximum atomic E-state index is 13.3. The Labute approximate surface area is 211 Å². The highest BCUT2D eigenvalue weighted by Crippen LogP contribution is 2.32. The third-order valence-corrected chi connectivity index (χ3v) is 6.34. The normalized spacial score (nSPS) is 11.9. The van der Waals surface area contributed by atoms with Crippen molar-refractivity contribution in [2.45, 2.75) is 46.8 Å². The van der Waals surface area contributed by atoms with E-state index in [4.69, 9.17) is 13.9 Å². The highest BCUT2D eigenvalue weighted by molar-refractivity contribution is 7.17. The lowest BCUT2D eigenvalue weighted by Gasteiger charge is -2.16. The first-order valence-electron chi connectivity index (χ1n) is 11.4. The van der Waals surface area contributed by atoms with Crippen LogP contribution in [-0.4, -0.2) is 29.1 Å². The molecule has 0 fully saturated rings. The van der Waals surface area contributed by atoms with Gasteiger partial charge in [0.05, 0.1) is 17.2 Å². The number of para-hydroxylation sites is 1. The summed E-state index contributed by atoms with van der Waals surface area (Å²) in [6, 6.07) is 14.3. The number of ether oxygens (including phenoxy) is 2. The highest BCUT2D eigenvalue weighted by Gasteiger charge is 2.25. The Bertz CT molecular complexity index is 1490. The summed E-state index contributed by atoms with van der Waals surface area (Å²) >= 11 is 1.01. The fourth-order valence-electron chi connectivity index (χ4n) is 3.47. The standard InChI is InChI=1S/C27H26N2O6S/c1-14(2)33-26(32)24-16(4)28-27(36-24)29-25(31)17(5)34-23-21(30)19-8-6-7-9-20(19)35-22(23)18-12-10-15(3)11-13-18/h6-14,17H,1-5H3,(H,28,29,31). The zero-order chi connectivity index (χ0) is 26.0. The number of nitrogens with zero attached hydrogens (tertiary/aromatic N) is 1. The third-order valence-electron chi connectivity index (χ3n) is 5.29. The number of carbonyl (C=O) groups excluding carboxylic acids is 2. The molecule has 0 radical (unpaired) electrons. The summed E-state index contributed by atoms with van der Waals surface area (Å²) in [6.45, 7) is 8.65. The monoisotopic (exact) mass is 506 g/mol. The number of carbonyl (C=O) groups is 2.